The molecule has 0 spiro atoms. The Balaban J connectivity index is 2.60. The highest BCUT2D eigenvalue weighted by molar-refractivity contribution is 5.67. The zero-order valence-corrected chi connectivity index (χ0v) is 7.74. The van der Waals surface area contributed by atoms with Crippen molar-refractivity contribution in [2.45, 2.75) is 19.4 Å². The number of halogens is 1. The standard InChI is InChI=1S/C10H11FO3/c1-7(6-10(12)13)14-9-5-3-2-4-8(9)11/h2-5,7H,6H2,1H3,(H,12,13)/t7-/m1/s1. The monoisotopic (exact) mass is 198 g/mol. The number of benzene rings is 1. The fourth-order valence-electron chi connectivity index (χ4n) is 1.04. The van der Waals surface area contributed by atoms with Gasteiger partial charge < -0.3 is 9.84 Å². The molecule has 1 aromatic carbocycles. The van der Waals surface area contributed by atoms with E-state index in [1.54, 1.807) is 19.1 Å². The summed E-state index contributed by atoms with van der Waals surface area (Å²) in [7, 11) is 0. The molecule has 0 fully saturated rings. The van der Waals surface area contributed by atoms with Crippen LogP contribution in [0.15, 0.2) is 24.3 Å². The fourth-order valence-corrected chi connectivity index (χ4v) is 1.04. The van der Waals surface area contributed by atoms with Gasteiger partial charge in [0.1, 0.15) is 6.10 Å². The van der Waals surface area contributed by atoms with Crippen LogP contribution in [0.5, 0.6) is 5.75 Å². The van der Waals surface area contributed by atoms with E-state index in [0.29, 0.717) is 0 Å². The zero-order chi connectivity index (χ0) is 10.6. The molecule has 0 radical (unpaired) electrons. The summed E-state index contributed by atoms with van der Waals surface area (Å²) in [4.78, 5) is 10.3. The number of hydrogen-bond donors (Lipinski definition) is 1. The lowest BCUT2D eigenvalue weighted by molar-refractivity contribution is -0.138. The topological polar surface area (TPSA) is 46.5 Å². The van der Waals surface area contributed by atoms with Crippen molar-refractivity contribution < 1.29 is 19.0 Å². The van der Waals surface area contributed by atoms with Gasteiger partial charge in [-0.1, -0.05) is 12.1 Å². The molecule has 0 aliphatic heterocycles. The number of aliphatic carboxylic acids is 1. The van der Waals surface area contributed by atoms with Gasteiger partial charge in [0.15, 0.2) is 11.6 Å². The summed E-state index contributed by atoms with van der Waals surface area (Å²) in [5, 5.41) is 8.46. The van der Waals surface area contributed by atoms with Gasteiger partial charge in [0.05, 0.1) is 6.42 Å². The van der Waals surface area contributed by atoms with E-state index in [2.05, 4.69) is 0 Å². The maximum atomic E-state index is 13.0. The van der Waals surface area contributed by atoms with E-state index in [9.17, 15) is 9.18 Å². The normalized spacial score (nSPS) is 12.1. The van der Waals surface area contributed by atoms with Crippen molar-refractivity contribution in [1.82, 2.24) is 0 Å². The molecule has 0 heterocycles. The van der Waals surface area contributed by atoms with Crippen LogP contribution in [0.4, 0.5) is 4.39 Å². The minimum absolute atomic E-state index is 0.0845. The molecule has 0 saturated carbocycles. The second-order valence-electron chi connectivity index (χ2n) is 2.96. The summed E-state index contributed by atoms with van der Waals surface area (Å²) in [6.45, 7) is 1.58. The molecular formula is C10H11FO3. The quantitative estimate of drug-likeness (QED) is 0.805. The van der Waals surface area contributed by atoms with Crippen LogP contribution >= 0.6 is 0 Å². The Morgan fingerprint density at radius 3 is 2.79 bits per heavy atom. The van der Waals surface area contributed by atoms with Crippen molar-refractivity contribution in [3.8, 4) is 5.75 Å². The second-order valence-corrected chi connectivity index (χ2v) is 2.96. The van der Waals surface area contributed by atoms with Crippen LogP contribution < -0.4 is 4.74 Å². The van der Waals surface area contributed by atoms with Gasteiger partial charge in [-0.2, -0.15) is 0 Å². The highest BCUT2D eigenvalue weighted by atomic mass is 19.1. The molecule has 0 bridgehead atoms. The first-order valence-electron chi connectivity index (χ1n) is 4.22. The van der Waals surface area contributed by atoms with E-state index in [1.165, 1.54) is 12.1 Å². The van der Waals surface area contributed by atoms with Crippen molar-refractivity contribution in [2.75, 3.05) is 0 Å². The third kappa shape index (κ3) is 3.05. The smallest absolute Gasteiger partial charge is 0.307 e. The molecule has 1 rings (SSSR count). The summed E-state index contributed by atoms with van der Waals surface area (Å²) in [6.07, 6.45) is -0.682. The van der Waals surface area contributed by atoms with Crippen LogP contribution in [0, 0.1) is 5.82 Å². The van der Waals surface area contributed by atoms with Gasteiger partial charge in [-0.05, 0) is 19.1 Å². The van der Waals surface area contributed by atoms with Crippen molar-refractivity contribution in [3.63, 3.8) is 0 Å². The van der Waals surface area contributed by atoms with Gasteiger partial charge in [-0.15, -0.1) is 0 Å². The molecule has 1 aromatic rings. The Hall–Kier alpha value is -1.58. The maximum absolute atomic E-state index is 13.0. The first-order chi connectivity index (χ1) is 6.59. The lowest BCUT2D eigenvalue weighted by Crippen LogP contribution is -2.17. The summed E-state index contributed by atoms with van der Waals surface area (Å²) in [6, 6.07) is 5.91. The molecular weight excluding hydrogens is 187 g/mol. The molecule has 0 unspecified atom stereocenters. The van der Waals surface area contributed by atoms with Crippen LogP contribution in [0.3, 0.4) is 0 Å². The van der Waals surface area contributed by atoms with Gasteiger partial charge in [-0.3, -0.25) is 4.79 Å². The zero-order valence-electron chi connectivity index (χ0n) is 7.74. The maximum Gasteiger partial charge on any atom is 0.307 e. The number of para-hydroxylation sites is 1. The van der Waals surface area contributed by atoms with Crippen LogP contribution in [-0.4, -0.2) is 17.2 Å². The molecule has 0 saturated heterocycles. The van der Waals surface area contributed by atoms with E-state index in [1.807, 2.05) is 0 Å². The average Bonchev–Trinajstić information content (AvgIpc) is 2.07. The van der Waals surface area contributed by atoms with Crippen molar-refractivity contribution in [3.05, 3.63) is 30.1 Å². The molecule has 0 amide bonds. The predicted octanol–water partition coefficient (Wildman–Crippen LogP) is 2.07. The van der Waals surface area contributed by atoms with Gasteiger partial charge in [0, 0.05) is 0 Å². The van der Waals surface area contributed by atoms with Crippen molar-refractivity contribution in [2.24, 2.45) is 0 Å². The van der Waals surface area contributed by atoms with Crippen LogP contribution in [0.25, 0.3) is 0 Å². The average molecular weight is 198 g/mol. The minimum Gasteiger partial charge on any atom is -0.487 e. The largest absolute Gasteiger partial charge is 0.487 e. The van der Waals surface area contributed by atoms with Gasteiger partial charge in [-0.25, -0.2) is 4.39 Å². The molecule has 4 heteroatoms. The number of hydrogen-bond acceptors (Lipinski definition) is 2. The van der Waals surface area contributed by atoms with Crippen molar-refractivity contribution in [1.29, 1.82) is 0 Å². The highest BCUT2D eigenvalue weighted by Crippen LogP contribution is 2.17. The number of rotatable bonds is 4. The lowest BCUT2D eigenvalue weighted by Gasteiger charge is -2.12. The molecule has 0 aliphatic rings. The molecule has 1 N–H and O–H groups in total. The molecule has 0 aromatic heterocycles. The number of ether oxygens (including phenoxy) is 1. The summed E-state index contributed by atoms with van der Waals surface area (Å²) >= 11 is 0. The SMILES string of the molecule is C[C@H](CC(=O)O)Oc1ccccc1F. The Bertz CT molecular complexity index is 325. The number of carboxylic acid groups (broad SMARTS) is 1. The Morgan fingerprint density at radius 2 is 2.21 bits per heavy atom. The lowest BCUT2D eigenvalue weighted by atomic mass is 10.3. The molecule has 1 atom stereocenters. The second kappa shape index (κ2) is 4.60. The summed E-state index contributed by atoms with van der Waals surface area (Å²) in [5.41, 5.74) is 0. The van der Waals surface area contributed by atoms with E-state index in [-0.39, 0.29) is 12.2 Å². The first-order valence-corrected chi connectivity index (χ1v) is 4.22. The first kappa shape index (κ1) is 10.5. The van der Waals surface area contributed by atoms with E-state index < -0.39 is 17.9 Å². The Kier molecular flexibility index (Phi) is 3.45. The van der Waals surface area contributed by atoms with Crippen molar-refractivity contribution >= 4 is 5.97 Å². The van der Waals surface area contributed by atoms with Crippen LogP contribution in [-0.2, 0) is 4.79 Å². The number of carbonyl (C=O) groups is 1. The summed E-state index contributed by atoms with van der Waals surface area (Å²) < 4.78 is 18.1. The third-order valence-electron chi connectivity index (χ3n) is 1.63. The van der Waals surface area contributed by atoms with E-state index in [0.717, 1.165) is 0 Å². The molecule has 14 heavy (non-hydrogen) atoms. The van der Waals surface area contributed by atoms with Crippen LogP contribution in [0.2, 0.25) is 0 Å². The van der Waals surface area contributed by atoms with Crippen LogP contribution in [0.1, 0.15) is 13.3 Å². The third-order valence-corrected chi connectivity index (χ3v) is 1.63. The van der Waals surface area contributed by atoms with Gasteiger partial charge in [0.25, 0.3) is 0 Å². The number of carboxylic acids is 1. The summed E-state index contributed by atoms with van der Waals surface area (Å²) in [5.74, 6) is -1.36. The fraction of sp³-hybridized carbons (Fsp3) is 0.300. The molecule has 76 valence electrons. The predicted molar refractivity (Wildman–Crippen MR) is 48.7 cm³/mol. The van der Waals surface area contributed by atoms with Gasteiger partial charge in [0.2, 0.25) is 0 Å². The van der Waals surface area contributed by atoms with E-state index >= 15 is 0 Å². The molecule has 0 aliphatic carbocycles. The van der Waals surface area contributed by atoms with E-state index in [4.69, 9.17) is 9.84 Å². The van der Waals surface area contributed by atoms with Gasteiger partial charge >= 0.3 is 5.97 Å². The molecule has 3 nitrogen and oxygen atoms in total. The Morgan fingerprint density at radius 1 is 1.57 bits per heavy atom. The highest BCUT2D eigenvalue weighted by Gasteiger charge is 2.10. The Labute approximate surface area is 81.1 Å². The minimum atomic E-state index is -0.964.